The van der Waals surface area contributed by atoms with Gasteiger partial charge in [-0.15, -0.1) is 21.5 Å². The fraction of sp³-hybridized carbons (Fsp3) is 0.143. The molecule has 5 rings (SSSR count). The minimum absolute atomic E-state index is 0.0462. The first-order chi connectivity index (χ1) is 14.4. The number of fused-ring (bicyclic) bond motifs is 2. The third-order valence-corrected chi connectivity index (χ3v) is 6.92. The summed E-state index contributed by atoms with van der Waals surface area (Å²) < 4.78 is 39.4. The molecule has 0 aliphatic carbocycles. The molecule has 0 bridgehead atoms. The zero-order valence-electron chi connectivity index (χ0n) is 15.2. The van der Waals surface area contributed by atoms with E-state index >= 15 is 0 Å². The van der Waals surface area contributed by atoms with Crippen molar-refractivity contribution in [2.24, 2.45) is 4.99 Å². The van der Waals surface area contributed by atoms with Gasteiger partial charge in [0.2, 0.25) is 5.01 Å². The summed E-state index contributed by atoms with van der Waals surface area (Å²) in [5, 5.41) is 6.81. The highest BCUT2D eigenvalue weighted by Crippen LogP contribution is 2.38. The topological polar surface area (TPSA) is 55.2 Å². The van der Waals surface area contributed by atoms with Crippen LogP contribution < -0.4 is 0 Å². The first kappa shape index (κ1) is 19.1. The van der Waals surface area contributed by atoms with Crippen LogP contribution in [0.5, 0.6) is 0 Å². The number of halogens is 3. The summed E-state index contributed by atoms with van der Waals surface area (Å²) in [6.07, 6.45) is -3.05. The van der Waals surface area contributed by atoms with Gasteiger partial charge in [-0.25, -0.2) is 0 Å². The number of carbonyl (C=O) groups is 1. The molecule has 1 aliphatic heterocycles. The second-order valence-corrected chi connectivity index (χ2v) is 8.95. The smallest absolute Gasteiger partial charge is 0.294 e. The number of hydrogen-bond acceptors (Lipinski definition) is 6. The van der Waals surface area contributed by atoms with Crippen LogP contribution >= 0.6 is 22.7 Å². The molecule has 0 N–H and O–H groups in total. The maximum Gasteiger partial charge on any atom is 0.445 e. The molecule has 0 saturated heterocycles. The van der Waals surface area contributed by atoms with Gasteiger partial charge in [0.05, 0.1) is 13.0 Å². The van der Waals surface area contributed by atoms with E-state index < -0.39 is 11.2 Å². The molecule has 0 spiro atoms. The SMILES string of the molecule is O=C(Cc1nnc(C(F)(F)F)s1)c1cc2c(c(-c3cc4ccccc4s3)c1)CN=C2. The van der Waals surface area contributed by atoms with Crippen LogP contribution in [0.15, 0.2) is 47.5 Å². The van der Waals surface area contributed by atoms with Crippen molar-refractivity contribution in [3.8, 4) is 10.4 Å². The van der Waals surface area contributed by atoms with Crippen molar-refractivity contribution in [3.05, 3.63) is 69.2 Å². The van der Waals surface area contributed by atoms with Crippen LogP contribution in [-0.2, 0) is 19.1 Å². The Morgan fingerprint density at radius 1 is 1.07 bits per heavy atom. The van der Waals surface area contributed by atoms with Crippen LogP contribution in [0.2, 0.25) is 0 Å². The zero-order valence-corrected chi connectivity index (χ0v) is 16.9. The maximum absolute atomic E-state index is 12.8. The fourth-order valence-electron chi connectivity index (χ4n) is 3.40. The molecule has 0 radical (unpaired) electrons. The van der Waals surface area contributed by atoms with Gasteiger partial charge in [-0.05, 0) is 46.3 Å². The molecule has 3 heterocycles. The van der Waals surface area contributed by atoms with Gasteiger partial charge in [0, 0.05) is 21.4 Å². The Hall–Kier alpha value is -2.91. The van der Waals surface area contributed by atoms with Crippen molar-refractivity contribution in [2.45, 2.75) is 19.1 Å². The number of thiophene rings is 1. The molecule has 4 aromatic rings. The summed E-state index contributed by atoms with van der Waals surface area (Å²) >= 11 is 2.03. The largest absolute Gasteiger partial charge is 0.445 e. The average molecular weight is 443 g/mol. The number of hydrogen-bond donors (Lipinski definition) is 0. The van der Waals surface area contributed by atoms with E-state index in [1.165, 1.54) is 0 Å². The number of aromatic nitrogens is 2. The molecule has 0 fully saturated rings. The molecule has 9 heteroatoms. The van der Waals surface area contributed by atoms with E-state index in [1.807, 2.05) is 30.3 Å². The van der Waals surface area contributed by atoms with Gasteiger partial charge in [0.25, 0.3) is 0 Å². The van der Waals surface area contributed by atoms with Gasteiger partial charge in [0.15, 0.2) is 5.78 Å². The monoisotopic (exact) mass is 443 g/mol. The molecule has 0 atom stereocenters. The number of carbonyl (C=O) groups excluding carboxylic acids is 1. The van der Waals surface area contributed by atoms with Crippen LogP contribution in [0.1, 0.15) is 31.5 Å². The van der Waals surface area contributed by atoms with Crippen LogP contribution in [0.25, 0.3) is 20.5 Å². The van der Waals surface area contributed by atoms with Crippen LogP contribution in [0.3, 0.4) is 0 Å². The molecule has 2 aromatic heterocycles. The molecule has 4 nitrogen and oxygen atoms in total. The Balaban J connectivity index is 1.51. The van der Waals surface area contributed by atoms with E-state index in [0.717, 1.165) is 31.7 Å². The summed E-state index contributed by atoms with van der Waals surface area (Å²) in [6, 6.07) is 13.7. The summed E-state index contributed by atoms with van der Waals surface area (Å²) in [4.78, 5) is 18.2. The molecular weight excluding hydrogens is 431 g/mol. The Labute approximate surface area is 176 Å². The number of nitrogens with zero attached hydrogens (tertiary/aromatic N) is 3. The molecule has 0 unspecified atom stereocenters. The highest BCUT2D eigenvalue weighted by molar-refractivity contribution is 7.22. The minimum atomic E-state index is -4.56. The second kappa shape index (κ2) is 7.10. The number of ketones is 1. The highest BCUT2D eigenvalue weighted by atomic mass is 32.1. The lowest BCUT2D eigenvalue weighted by Crippen LogP contribution is -2.05. The summed E-state index contributed by atoms with van der Waals surface area (Å²) in [5.74, 6) is -0.301. The van der Waals surface area contributed by atoms with E-state index in [1.54, 1.807) is 23.6 Å². The van der Waals surface area contributed by atoms with Gasteiger partial charge in [-0.1, -0.05) is 29.5 Å². The average Bonchev–Trinajstić information content (AvgIpc) is 3.44. The van der Waals surface area contributed by atoms with E-state index in [2.05, 4.69) is 21.3 Å². The second-order valence-electron chi connectivity index (χ2n) is 6.81. The third-order valence-electron chi connectivity index (χ3n) is 4.80. The fourth-order valence-corrected chi connectivity index (χ4v) is 5.21. The van der Waals surface area contributed by atoms with Crippen LogP contribution in [0, 0.1) is 0 Å². The summed E-state index contributed by atoms with van der Waals surface area (Å²) in [6.45, 7) is 0.540. The zero-order chi connectivity index (χ0) is 20.9. The van der Waals surface area contributed by atoms with E-state index in [9.17, 15) is 18.0 Å². The van der Waals surface area contributed by atoms with Crippen molar-refractivity contribution in [2.75, 3.05) is 0 Å². The Morgan fingerprint density at radius 2 is 1.90 bits per heavy atom. The predicted octanol–water partition coefficient (Wildman–Crippen LogP) is 5.80. The lowest BCUT2D eigenvalue weighted by atomic mass is 9.95. The molecule has 0 amide bonds. The van der Waals surface area contributed by atoms with Crippen molar-refractivity contribution in [3.63, 3.8) is 0 Å². The molecular formula is C21H12F3N3OS2. The van der Waals surface area contributed by atoms with Gasteiger partial charge in [-0.2, -0.15) is 13.2 Å². The lowest BCUT2D eigenvalue weighted by molar-refractivity contribution is -0.138. The number of rotatable bonds is 4. The standard InChI is InChI=1S/C21H12F3N3OS2/c22-21(23,24)20-27-26-19(30-20)8-16(28)12-5-13-9-25-10-15(13)14(6-12)18-7-11-3-1-2-4-17(11)29-18/h1-7,9H,8,10H2. The summed E-state index contributed by atoms with van der Waals surface area (Å²) in [5.41, 5.74) is 3.27. The quantitative estimate of drug-likeness (QED) is 0.375. The molecule has 150 valence electrons. The van der Waals surface area contributed by atoms with Crippen molar-refractivity contribution < 1.29 is 18.0 Å². The minimum Gasteiger partial charge on any atom is -0.294 e. The van der Waals surface area contributed by atoms with Crippen LogP contribution in [-0.4, -0.2) is 22.2 Å². The normalized spacial score (nSPS) is 13.2. The van der Waals surface area contributed by atoms with Crippen molar-refractivity contribution >= 4 is 44.8 Å². The molecule has 30 heavy (non-hydrogen) atoms. The van der Waals surface area contributed by atoms with Crippen LogP contribution in [0.4, 0.5) is 13.2 Å². The third kappa shape index (κ3) is 3.44. The summed E-state index contributed by atoms with van der Waals surface area (Å²) in [7, 11) is 0. The van der Waals surface area contributed by atoms with Gasteiger partial charge in [-0.3, -0.25) is 9.79 Å². The predicted molar refractivity (Wildman–Crippen MR) is 112 cm³/mol. The van der Waals surface area contributed by atoms with Gasteiger partial charge < -0.3 is 0 Å². The first-order valence-corrected chi connectivity index (χ1v) is 10.6. The number of benzene rings is 2. The first-order valence-electron chi connectivity index (χ1n) is 8.97. The number of Topliss-reactive ketones (excluding diaryl/α,β-unsaturated/α-hetero) is 1. The van der Waals surface area contributed by atoms with E-state index in [4.69, 9.17) is 0 Å². The number of aliphatic imine (C=N–C) groups is 1. The van der Waals surface area contributed by atoms with E-state index in [-0.39, 0.29) is 17.2 Å². The van der Waals surface area contributed by atoms with E-state index in [0.29, 0.717) is 23.4 Å². The number of alkyl halides is 3. The Kier molecular flexibility index (Phi) is 4.52. The van der Waals surface area contributed by atoms with Gasteiger partial charge >= 0.3 is 6.18 Å². The Morgan fingerprint density at radius 3 is 2.67 bits per heavy atom. The van der Waals surface area contributed by atoms with Crippen molar-refractivity contribution in [1.82, 2.24) is 10.2 Å². The Bertz CT molecular complexity index is 1290. The molecule has 2 aromatic carbocycles. The highest BCUT2D eigenvalue weighted by Gasteiger charge is 2.35. The van der Waals surface area contributed by atoms with Crippen molar-refractivity contribution in [1.29, 1.82) is 0 Å². The molecule has 1 aliphatic rings. The molecule has 0 saturated carbocycles. The van der Waals surface area contributed by atoms with Gasteiger partial charge in [0.1, 0.15) is 5.01 Å². The maximum atomic E-state index is 12.8. The lowest BCUT2D eigenvalue weighted by Gasteiger charge is -2.09.